The fourth-order valence-corrected chi connectivity index (χ4v) is 2.32. The summed E-state index contributed by atoms with van der Waals surface area (Å²) in [5, 5.41) is 2.87. The lowest BCUT2D eigenvalue weighted by Gasteiger charge is -2.31. The first-order valence-corrected chi connectivity index (χ1v) is 6.69. The van der Waals surface area contributed by atoms with Gasteiger partial charge in [-0.1, -0.05) is 38.2 Å². The molecule has 1 aromatic carbocycles. The minimum atomic E-state index is -0.653. The molecule has 3 N–H and O–H groups in total. The number of carbonyl (C=O) groups is 1. The van der Waals surface area contributed by atoms with Crippen molar-refractivity contribution in [3.05, 3.63) is 35.6 Å². The van der Waals surface area contributed by atoms with Crippen LogP contribution in [0.1, 0.15) is 32.3 Å². The third-order valence-electron chi connectivity index (χ3n) is 3.31. The molecule has 0 atom stereocenters. The molecule has 0 aliphatic carbocycles. The summed E-state index contributed by atoms with van der Waals surface area (Å²) in [6.45, 7) is 3.84. The summed E-state index contributed by atoms with van der Waals surface area (Å²) in [7, 11) is 0. The smallest absolute Gasteiger partial charge is 0.225 e. The van der Waals surface area contributed by atoms with Gasteiger partial charge < -0.3 is 11.1 Å². The number of benzene rings is 1. The summed E-state index contributed by atoms with van der Waals surface area (Å²) in [4.78, 5) is 12.3. The molecule has 0 aliphatic rings. The Morgan fingerprint density at radius 2 is 2.05 bits per heavy atom. The van der Waals surface area contributed by atoms with Crippen LogP contribution in [0.2, 0.25) is 0 Å². The van der Waals surface area contributed by atoms with Gasteiger partial charge in [-0.15, -0.1) is 0 Å². The molecule has 3 nitrogen and oxygen atoms in total. The summed E-state index contributed by atoms with van der Waals surface area (Å²) < 4.78 is 13.0. The van der Waals surface area contributed by atoms with Gasteiger partial charge >= 0.3 is 0 Å². The third-order valence-corrected chi connectivity index (χ3v) is 3.70. The fourth-order valence-electron chi connectivity index (χ4n) is 1.98. The Hall–Kier alpha value is -1.49. The Labute approximate surface area is 118 Å². The van der Waals surface area contributed by atoms with Crippen molar-refractivity contribution in [3.8, 4) is 0 Å². The predicted octanol–water partition coefficient (Wildman–Crippen LogP) is 2.33. The Morgan fingerprint density at radius 3 is 2.53 bits per heavy atom. The second kappa shape index (κ2) is 6.61. The Kier molecular flexibility index (Phi) is 5.42. The summed E-state index contributed by atoms with van der Waals surface area (Å²) >= 11 is 5.03. The molecule has 0 spiro atoms. The normalized spacial score (nSPS) is 11.1. The van der Waals surface area contributed by atoms with Crippen LogP contribution in [0.15, 0.2) is 24.3 Å². The number of amides is 1. The summed E-state index contributed by atoms with van der Waals surface area (Å²) in [5.41, 5.74) is 5.69. The average molecular weight is 282 g/mol. The minimum Gasteiger partial charge on any atom is -0.391 e. The van der Waals surface area contributed by atoms with Gasteiger partial charge in [0.15, 0.2) is 0 Å². The van der Waals surface area contributed by atoms with Gasteiger partial charge in [-0.05, 0) is 30.5 Å². The Bertz CT molecular complexity index is 472. The Balaban J connectivity index is 2.76. The van der Waals surface area contributed by atoms with Crippen LogP contribution in [0.5, 0.6) is 0 Å². The van der Waals surface area contributed by atoms with Crippen LogP contribution in [-0.2, 0) is 11.2 Å². The molecule has 5 heteroatoms. The van der Waals surface area contributed by atoms with Gasteiger partial charge in [-0.25, -0.2) is 4.39 Å². The molecular formula is C14H19FN2OS. The molecular weight excluding hydrogens is 263 g/mol. The average Bonchev–Trinajstić information content (AvgIpc) is 2.35. The van der Waals surface area contributed by atoms with Crippen LogP contribution >= 0.6 is 12.2 Å². The van der Waals surface area contributed by atoms with Crippen LogP contribution in [0.3, 0.4) is 0 Å². The number of rotatable bonds is 6. The van der Waals surface area contributed by atoms with E-state index in [9.17, 15) is 9.18 Å². The standard InChI is InChI=1S/C14H19FN2OS/c1-3-14(4-2,13(16)19)17-12(18)9-10-6-5-7-11(15)8-10/h5-8H,3-4,9H2,1-2H3,(H2,16,19)(H,17,18). The van der Waals surface area contributed by atoms with Crippen LogP contribution in [0.4, 0.5) is 4.39 Å². The van der Waals surface area contributed by atoms with E-state index in [1.807, 2.05) is 13.8 Å². The lowest BCUT2D eigenvalue weighted by atomic mass is 9.92. The largest absolute Gasteiger partial charge is 0.391 e. The molecule has 0 unspecified atom stereocenters. The van der Waals surface area contributed by atoms with Crippen molar-refractivity contribution in [3.63, 3.8) is 0 Å². The van der Waals surface area contributed by atoms with E-state index in [0.29, 0.717) is 18.4 Å². The molecule has 104 valence electrons. The highest BCUT2D eigenvalue weighted by molar-refractivity contribution is 7.80. The molecule has 0 saturated carbocycles. The van der Waals surface area contributed by atoms with E-state index < -0.39 is 5.54 Å². The van der Waals surface area contributed by atoms with Crippen molar-refractivity contribution in [2.45, 2.75) is 38.6 Å². The van der Waals surface area contributed by atoms with E-state index in [4.69, 9.17) is 18.0 Å². The molecule has 1 aromatic rings. The van der Waals surface area contributed by atoms with E-state index >= 15 is 0 Å². The molecule has 1 amide bonds. The van der Waals surface area contributed by atoms with E-state index in [2.05, 4.69) is 5.32 Å². The lowest BCUT2D eigenvalue weighted by molar-refractivity contribution is -0.121. The first-order valence-electron chi connectivity index (χ1n) is 6.29. The molecule has 0 heterocycles. The van der Waals surface area contributed by atoms with Crippen molar-refractivity contribution < 1.29 is 9.18 Å². The number of hydrogen-bond acceptors (Lipinski definition) is 2. The molecule has 0 fully saturated rings. The summed E-state index contributed by atoms with van der Waals surface area (Å²) in [6, 6.07) is 5.99. The maximum Gasteiger partial charge on any atom is 0.225 e. The van der Waals surface area contributed by atoms with E-state index in [0.717, 1.165) is 0 Å². The molecule has 0 aromatic heterocycles. The highest BCUT2D eigenvalue weighted by Crippen LogP contribution is 2.16. The van der Waals surface area contributed by atoms with Crippen molar-refractivity contribution in [1.29, 1.82) is 0 Å². The van der Waals surface area contributed by atoms with Crippen molar-refractivity contribution in [2.24, 2.45) is 5.73 Å². The summed E-state index contributed by atoms with van der Waals surface area (Å²) in [5.74, 6) is -0.556. The highest BCUT2D eigenvalue weighted by atomic mass is 32.1. The predicted molar refractivity (Wildman–Crippen MR) is 78.3 cm³/mol. The number of halogens is 1. The number of nitrogens with one attached hydrogen (secondary N) is 1. The van der Waals surface area contributed by atoms with Crippen LogP contribution in [0.25, 0.3) is 0 Å². The quantitative estimate of drug-likeness (QED) is 0.787. The molecule has 0 bridgehead atoms. The van der Waals surface area contributed by atoms with Crippen LogP contribution in [0, 0.1) is 5.82 Å². The number of carbonyl (C=O) groups excluding carboxylic acids is 1. The first kappa shape index (κ1) is 15.6. The van der Waals surface area contributed by atoms with Gasteiger partial charge in [-0.2, -0.15) is 0 Å². The van der Waals surface area contributed by atoms with Gasteiger partial charge in [-0.3, -0.25) is 4.79 Å². The van der Waals surface area contributed by atoms with Crippen LogP contribution in [-0.4, -0.2) is 16.4 Å². The Morgan fingerprint density at radius 1 is 1.42 bits per heavy atom. The monoisotopic (exact) mass is 282 g/mol. The van der Waals surface area contributed by atoms with Crippen molar-refractivity contribution in [1.82, 2.24) is 5.32 Å². The molecule has 0 saturated heterocycles. The van der Waals surface area contributed by atoms with Gasteiger partial charge in [0.2, 0.25) is 5.91 Å². The number of thiocarbonyl (C=S) groups is 1. The SMILES string of the molecule is CCC(CC)(NC(=O)Cc1cccc(F)c1)C(N)=S. The first-order chi connectivity index (χ1) is 8.93. The number of hydrogen-bond donors (Lipinski definition) is 2. The van der Waals surface area contributed by atoms with Gasteiger partial charge in [0.1, 0.15) is 5.82 Å². The van der Waals surface area contributed by atoms with Crippen molar-refractivity contribution >= 4 is 23.1 Å². The minimum absolute atomic E-state index is 0.113. The topological polar surface area (TPSA) is 55.1 Å². The highest BCUT2D eigenvalue weighted by Gasteiger charge is 2.31. The third kappa shape index (κ3) is 3.99. The van der Waals surface area contributed by atoms with E-state index in [1.54, 1.807) is 12.1 Å². The molecule has 0 aliphatic heterocycles. The lowest BCUT2D eigenvalue weighted by Crippen LogP contribution is -2.56. The van der Waals surface area contributed by atoms with Crippen LogP contribution < -0.4 is 11.1 Å². The zero-order valence-corrected chi connectivity index (χ0v) is 12.0. The maximum absolute atomic E-state index is 13.0. The van der Waals surface area contributed by atoms with E-state index in [-0.39, 0.29) is 23.1 Å². The second-order valence-electron chi connectivity index (χ2n) is 4.51. The maximum atomic E-state index is 13.0. The van der Waals surface area contributed by atoms with Gasteiger partial charge in [0.05, 0.1) is 16.9 Å². The summed E-state index contributed by atoms with van der Waals surface area (Å²) in [6.07, 6.45) is 1.38. The van der Waals surface area contributed by atoms with E-state index in [1.165, 1.54) is 12.1 Å². The zero-order chi connectivity index (χ0) is 14.5. The molecule has 1 rings (SSSR count). The zero-order valence-electron chi connectivity index (χ0n) is 11.2. The number of nitrogens with two attached hydrogens (primary N) is 1. The fraction of sp³-hybridized carbons (Fsp3) is 0.429. The van der Waals surface area contributed by atoms with Gasteiger partial charge in [0, 0.05) is 0 Å². The second-order valence-corrected chi connectivity index (χ2v) is 4.95. The molecule has 19 heavy (non-hydrogen) atoms. The van der Waals surface area contributed by atoms with Crippen molar-refractivity contribution in [2.75, 3.05) is 0 Å². The molecule has 0 radical (unpaired) electrons. The van der Waals surface area contributed by atoms with Gasteiger partial charge in [0.25, 0.3) is 0 Å².